The van der Waals surface area contributed by atoms with Crippen molar-refractivity contribution in [2.45, 2.75) is 77.9 Å². The predicted octanol–water partition coefficient (Wildman–Crippen LogP) is 3.46. The smallest absolute Gasteiger partial charge is 0.302 e. The van der Waals surface area contributed by atoms with E-state index in [1.165, 1.54) is 6.92 Å². The summed E-state index contributed by atoms with van der Waals surface area (Å²) < 4.78 is 5.91. The molecular formula is C22H34O4. The molecular weight excluding hydrogens is 328 g/mol. The highest BCUT2D eigenvalue weighted by molar-refractivity contribution is 5.66. The lowest BCUT2D eigenvalue weighted by molar-refractivity contribution is -0.235. The maximum absolute atomic E-state index is 11.9. The Morgan fingerprint density at radius 1 is 1.27 bits per heavy atom. The third kappa shape index (κ3) is 2.18. The second kappa shape index (κ2) is 5.81. The van der Waals surface area contributed by atoms with Crippen LogP contribution in [0.1, 0.15) is 65.7 Å². The zero-order valence-corrected chi connectivity index (χ0v) is 16.5. The van der Waals surface area contributed by atoms with Crippen LogP contribution in [0.25, 0.3) is 0 Å². The van der Waals surface area contributed by atoms with Gasteiger partial charge in [0.15, 0.2) is 0 Å². The van der Waals surface area contributed by atoms with Crippen molar-refractivity contribution in [1.29, 1.82) is 0 Å². The van der Waals surface area contributed by atoms with Crippen molar-refractivity contribution < 1.29 is 19.7 Å². The van der Waals surface area contributed by atoms with Crippen molar-refractivity contribution in [1.82, 2.24) is 0 Å². The monoisotopic (exact) mass is 362 g/mol. The Bertz CT molecular complexity index is 630. The van der Waals surface area contributed by atoms with Gasteiger partial charge in [0.1, 0.15) is 6.10 Å². The first-order valence-electron chi connectivity index (χ1n) is 10.3. The zero-order valence-electron chi connectivity index (χ0n) is 16.5. The highest BCUT2D eigenvalue weighted by Crippen LogP contribution is 2.72. The van der Waals surface area contributed by atoms with E-state index in [1.807, 2.05) is 0 Å². The maximum atomic E-state index is 11.9. The summed E-state index contributed by atoms with van der Waals surface area (Å²) in [5.41, 5.74) is 0.505. The average Bonchev–Trinajstić information content (AvgIpc) is 2.78. The molecule has 0 saturated heterocycles. The minimum absolute atomic E-state index is 0.0724. The van der Waals surface area contributed by atoms with Crippen LogP contribution < -0.4 is 0 Å². The summed E-state index contributed by atoms with van der Waals surface area (Å²) in [6, 6.07) is 0. The van der Waals surface area contributed by atoms with Gasteiger partial charge in [0, 0.05) is 18.9 Å². The lowest BCUT2D eigenvalue weighted by Gasteiger charge is -2.66. The van der Waals surface area contributed by atoms with Crippen LogP contribution in [0, 0.1) is 34.0 Å². The van der Waals surface area contributed by atoms with Crippen molar-refractivity contribution in [2.24, 2.45) is 34.0 Å². The highest BCUT2D eigenvalue weighted by Gasteiger charge is 2.70. The molecule has 8 atom stereocenters. The van der Waals surface area contributed by atoms with E-state index in [4.69, 9.17) is 4.74 Å². The number of aliphatic hydroxyl groups is 2. The minimum Gasteiger partial charge on any atom is -0.462 e. The van der Waals surface area contributed by atoms with Gasteiger partial charge in [0.2, 0.25) is 0 Å². The van der Waals surface area contributed by atoms with Crippen molar-refractivity contribution in [3.8, 4) is 0 Å². The second-order valence-corrected chi connectivity index (χ2v) is 10.2. The van der Waals surface area contributed by atoms with E-state index in [1.54, 1.807) is 0 Å². The van der Waals surface area contributed by atoms with Crippen LogP contribution in [0.3, 0.4) is 0 Å². The molecule has 0 aliphatic heterocycles. The Balaban J connectivity index is 1.84. The third-order valence-corrected chi connectivity index (χ3v) is 9.05. The number of rotatable bonds is 2. The molecule has 0 aromatic heterocycles. The second-order valence-electron chi connectivity index (χ2n) is 10.2. The summed E-state index contributed by atoms with van der Waals surface area (Å²) >= 11 is 0. The largest absolute Gasteiger partial charge is 0.462 e. The number of hydrogen-bond donors (Lipinski definition) is 2. The fraction of sp³-hybridized carbons (Fsp3) is 0.864. The predicted molar refractivity (Wildman–Crippen MR) is 99.2 cm³/mol. The van der Waals surface area contributed by atoms with Crippen molar-refractivity contribution in [3.05, 3.63) is 12.2 Å². The molecule has 4 rings (SSSR count). The number of carbonyl (C=O) groups excluding carboxylic acids is 1. The number of fused-ring (bicyclic) bond motifs is 3. The molecule has 0 aromatic carbocycles. The van der Waals surface area contributed by atoms with Gasteiger partial charge >= 0.3 is 5.97 Å². The third-order valence-electron chi connectivity index (χ3n) is 9.05. The summed E-state index contributed by atoms with van der Waals surface area (Å²) in [6.07, 6.45) is 6.21. The van der Waals surface area contributed by atoms with E-state index in [-0.39, 0.29) is 34.9 Å². The van der Waals surface area contributed by atoms with Gasteiger partial charge in [0.25, 0.3) is 0 Å². The van der Waals surface area contributed by atoms with Gasteiger partial charge in [-0.25, -0.2) is 0 Å². The van der Waals surface area contributed by atoms with E-state index in [0.717, 1.165) is 50.5 Å². The van der Waals surface area contributed by atoms with Crippen LogP contribution in [0.5, 0.6) is 0 Å². The number of esters is 1. The van der Waals surface area contributed by atoms with E-state index in [0.29, 0.717) is 17.8 Å². The quantitative estimate of drug-likeness (QED) is 0.583. The molecule has 4 aliphatic carbocycles. The van der Waals surface area contributed by atoms with Crippen LogP contribution in [0.4, 0.5) is 0 Å². The lowest BCUT2D eigenvalue weighted by atomic mass is 9.40. The molecule has 0 amide bonds. The molecule has 0 heterocycles. The Hall–Kier alpha value is -0.870. The molecule has 4 saturated carbocycles. The first-order valence-corrected chi connectivity index (χ1v) is 10.3. The van der Waals surface area contributed by atoms with Gasteiger partial charge in [-0.15, -0.1) is 0 Å². The van der Waals surface area contributed by atoms with Gasteiger partial charge in [-0.1, -0.05) is 26.8 Å². The van der Waals surface area contributed by atoms with Gasteiger partial charge in [-0.3, -0.25) is 4.79 Å². The molecule has 4 aliphatic rings. The first kappa shape index (κ1) is 18.5. The van der Waals surface area contributed by atoms with E-state index >= 15 is 0 Å². The van der Waals surface area contributed by atoms with Crippen LogP contribution in [-0.2, 0) is 9.53 Å². The molecule has 2 bridgehead atoms. The number of hydrogen-bond acceptors (Lipinski definition) is 4. The molecule has 2 N–H and O–H groups in total. The topological polar surface area (TPSA) is 66.8 Å². The zero-order chi connectivity index (χ0) is 18.9. The summed E-state index contributed by atoms with van der Waals surface area (Å²) in [5.74, 6) is 0.716. The Morgan fingerprint density at radius 2 is 2.00 bits per heavy atom. The van der Waals surface area contributed by atoms with Crippen LogP contribution in [0.2, 0.25) is 0 Å². The van der Waals surface area contributed by atoms with E-state index in [2.05, 4.69) is 20.4 Å². The molecule has 0 aromatic rings. The number of aliphatic hydroxyl groups excluding tert-OH is 2. The minimum atomic E-state index is -0.579. The van der Waals surface area contributed by atoms with Crippen LogP contribution in [0.15, 0.2) is 12.2 Å². The van der Waals surface area contributed by atoms with Gasteiger partial charge in [-0.2, -0.15) is 0 Å². The maximum Gasteiger partial charge on any atom is 0.302 e. The van der Waals surface area contributed by atoms with Crippen molar-refractivity contribution in [2.75, 3.05) is 6.61 Å². The lowest BCUT2D eigenvalue weighted by Crippen LogP contribution is -2.65. The van der Waals surface area contributed by atoms with Crippen LogP contribution in [-0.4, -0.2) is 35.0 Å². The van der Waals surface area contributed by atoms with E-state index in [9.17, 15) is 15.0 Å². The Kier molecular flexibility index (Phi) is 4.13. The van der Waals surface area contributed by atoms with Crippen molar-refractivity contribution >= 4 is 5.97 Å². The first-order chi connectivity index (χ1) is 12.2. The average molecular weight is 363 g/mol. The molecule has 0 unspecified atom stereocenters. The highest BCUT2D eigenvalue weighted by atomic mass is 16.5. The van der Waals surface area contributed by atoms with E-state index < -0.39 is 6.10 Å². The molecule has 26 heavy (non-hydrogen) atoms. The number of ether oxygens (including phenoxy) is 1. The normalized spacial score (nSPS) is 53.0. The van der Waals surface area contributed by atoms with Gasteiger partial charge in [0.05, 0.1) is 6.10 Å². The molecule has 146 valence electrons. The number of carbonyl (C=O) groups is 1. The fourth-order valence-corrected chi connectivity index (χ4v) is 7.94. The van der Waals surface area contributed by atoms with Gasteiger partial charge in [-0.05, 0) is 72.7 Å². The summed E-state index contributed by atoms with van der Waals surface area (Å²) in [7, 11) is 0. The van der Waals surface area contributed by atoms with Crippen molar-refractivity contribution in [3.63, 3.8) is 0 Å². The van der Waals surface area contributed by atoms with Gasteiger partial charge < -0.3 is 14.9 Å². The summed E-state index contributed by atoms with van der Waals surface area (Å²) in [6.45, 7) is 10.5. The standard InChI is InChI=1S/C22H34O4/c1-13-15-6-7-16-21(4)9-5-8-20(3,12-23)17(21)10-18(26-14(2)24)22(16,11-15)19(13)25/h15-19,23,25H,1,5-12H2,2-4H3/t15-,16+,17-,18-,19-,20-,21+,22-/m0/s1. The Labute approximate surface area is 157 Å². The summed E-state index contributed by atoms with van der Waals surface area (Å²) in [4.78, 5) is 11.9. The molecule has 4 nitrogen and oxygen atoms in total. The summed E-state index contributed by atoms with van der Waals surface area (Å²) in [5, 5.41) is 21.5. The Morgan fingerprint density at radius 3 is 2.65 bits per heavy atom. The van der Waals surface area contributed by atoms with Crippen LogP contribution >= 0.6 is 0 Å². The fourth-order valence-electron chi connectivity index (χ4n) is 7.94. The SMILES string of the molecule is C=C1[C@H]2CC[C@@H]3[C@@]4(C)CCC[C@@](C)(CO)[C@@H]4C[C@H](OC(C)=O)[C@@]3(C2)[C@H]1O. The molecule has 4 fully saturated rings. The molecule has 0 radical (unpaired) electrons. The molecule has 1 spiro atoms. The molecule has 4 heteroatoms.